The maximum absolute atomic E-state index is 13.2. The molecule has 0 fully saturated rings. The molecule has 0 aliphatic heterocycles. The molecule has 2 heteroatoms. The smallest absolute Gasteiger partial charge is 0.158 e. The van der Waals surface area contributed by atoms with Crippen molar-refractivity contribution in [3.8, 4) is 0 Å². The van der Waals surface area contributed by atoms with Crippen molar-refractivity contribution in [1.82, 2.24) is 0 Å². The lowest BCUT2D eigenvalue weighted by Crippen LogP contribution is -2.11. The van der Waals surface area contributed by atoms with Crippen LogP contribution in [0.1, 0.15) is 53.4 Å². The lowest BCUT2D eigenvalue weighted by Gasteiger charge is -2.22. The second kappa shape index (κ2) is 10.5. The van der Waals surface area contributed by atoms with Crippen molar-refractivity contribution in [2.24, 2.45) is 23.7 Å². The number of halogens is 2. The molecule has 0 bridgehead atoms. The summed E-state index contributed by atoms with van der Waals surface area (Å²) in [7, 11) is 0. The van der Waals surface area contributed by atoms with Gasteiger partial charge in [-0.2, -0.15) is 0 Å². The van der Waals surface area contributed by atoms with Crippen LogP contribution in [0.15, 0.2) is 49.1 Å². The van der Waals surface area contributed by atoms with Crippen molar-refractivity contribution < 1.29 is 8.78 Å². The quantitative estimate of drug-likeness (QED) is 0.280. The molecule has 0 aromatic heterocycles. The third kappa shape index (κ3) is 8.31. The van der Waals surface area contributed by atoms with Crippen LogP contribution >= 0.6 is 0 Å². The van der Waals surface area contributed by atoms with Crippen LogP contribution < -0.4 is 0 Å². The molecule has 0 radical (unpaired) electrons. The zero-order valence-corrected chi connectivity index (χ0v) is 14.7. The first-order valence-electron chi connectivity index (χ1n) is 8.22. The number of hydrogen-bond acceptors (Lipinski definition) is 0. The van der Waals surface area contributed by atoms with Crippen LogP contribution in [0.25, 0.3) is 0 Å². The van der Waals surface area contributed by atoms with Gasteiger partial charge in [0.25, 0.3) is 0 Å². The lowest BCUT2D eigenvalue weighted by atomic mass is 9.83. The van der Waals surface area contributed by atoms with Crippen molar-refractivity contribution in [3.63, 3.8) is 0 Å². The molecule has 0 aliphatic carbocycles. The van der Waals surface area contributed by atoms with Crippen LogP contribution in [0.2, 0.25) is 0 Å². The molecule has 0 nitrogen and oxygen atoms in total. The minimum Gasteiger partial charge on any atom is -0.204 e. The fourth-order valence-electron chi connectivity index (χ4n) is 2.29. The third-order valence-electron chi connectivity index (χ3n) is 4.71. The Labute approximate surface area is 135 Å². The van der Waals surface area contributed by atoms with E-state index in [-0.39, 0.29) is 5.92 Å². The van der Waals surface area contributed by atoms with Crippen molar-refractivity contribution >= 4 is 0 Å². The highest BCUT2D eigenvalue weighted by Crippen LogP contribution is 2.28. The van der Waals surface area contributed by atoms with Crippen LogP contribution in [0.5, 0.6) is 0 Å². The zero-order chi connectivity index (χ0) is 17.3. The molecule has 4 unspecified atom stereocenters. The molecule has 126 valence electrons. The molecular formula is C20H32F2. The molecule has 0 heterocycles. The minimum absolute atomic E-state index is 0.145. The molecule has 0 spiro atoms. The Hall–Kier alpha value is -1.18. The molecule has 0 aromatic rings. The normalized spacial score (nSPS) is 17.5. The molecule has 0 aromatic carbocycles. The van der Waals surface area contributed by atoms with Crippen LogP contribution in [-0.2, 0) is 0 Å². The fraction of sp³-hybridized carbons (Fsp3) is 0.600. The monoisotopic (exact) mass is 310 g/mol. The topological polar surface area (TPSA) is 0 Å². The maximum atomic E-state index is 13.2. The predicted octanol–water partition coefficient (Wildman–Crippen LogP) is 7.17. The summed E-state index contributed by atoms with van der Waals surface area (Å²) in [6.45, 7) is 19.3. The summed E-state index contributed by atoms with van der Waals surface area (Å²) < 4.78 is 25.8. The summed E-state index contributed by atoms with van der Waals surface area (Å²) in [5, 5.41) is 0. The van der Waals surface area contributed by atoms with E-state index < -0.39 is 11.7 Å². The average Bonchev–Trinajstić information content (AvgIpc) is 2.48. The molecule has 22 heavy (non-hydrogen) atoms. The number of rotatable bonds is 11. The van der Waals surface area contributed by atoms with Crippen molar-refractivity contribution in [2.75, 3.05) is 0 Å². The largest absolute Gasteiger partial charge is 0.204 e. The summed E-state index contributed by atoms with van der Waals surface area (Å²) in [6.07, 6.45) is 7.53. The Morgan fingerprint density at radius 3 is 1.86 bits per heavy atom. The van der Waals surface area contributed by atoms with E-state index in [1.807, 2.05) is 13.0 Å². The van der Waals surface area contributed by atoms with E-state index in [2.05, 4.69) is 40.5 Å². The Morgan fingerprint density at radius 1 is 0.909 bits per heavy atom. The molecule has 0 saturated heterocycles. The summed E-state index contributed by atoms with van der Waals surface area (Å²) in [4.78, 5) is 0. The lowest BCUT2D eigenvalue weighted by molar-refractivity contribution is 0.310. The summed E-state index contributed by atoms with van der Waals surface area (Å²) in [5.41, 5.74) is 0.622. The van der Waals surface area contributed by atoms with Gasteiger partial charge in [-0.05, 0) is 61.0 Å². The first kappa shape index (κ1) is 20.8. The van der Waals surface area contributed by atoms with Gasteiger partial charge in [0.05, 0.1) is 0 Å². The van der Waals surface area contributed by atoms with E-state index in [0.717, 1.165) is 18.9 Å². The van der Waals surface area contributed by atoms with Crippen molar-refractivity contribution in [1.29, 1.82) is 0 Å². The summed E-state index contributed by atoms with van der Waals surface area (Å²) >= 11 is 0. The van der Waals surface area contributed by atoms with Crippen molar-refractivity contribution in [3.05, 3.63) is 49.1 Å². The highest BCUT2D eigenvalue weighted by molar-refractivity contribution is 5.27. The van der Waals surface area contributed by atoms with E-state index in [0.29, 0.717) is 23.3 Å². The fourth-order valence-corrected chi connectivity index (χ4v) is 2.29. The molecule has 0 amide bonds. The maximum Gasteiger partial charge on any atom is 0.158 e. The first-order chi connectivity index (χ1) is 10.2. The Bertz CT molecular complexity index is 406. The van der Waals surface area contributed by atoms with E-state index in [1.54, 1.807) is 0 Å². The Kier molecular flexibility index (Phi) is 9.97. The number of hydrogen-bond donors (Lipinski definition) is 0. The molecule has 4 atom stereocenters. The molecule has 0 N–H and O–H groups in total. The summed E-state index contributed by atoms with van der Waals surface area (Å²) in [5.74, 6) is 0.0171. The molecular weight excluding hydrogens is 278 g/mol. The van der Waals surface area contributed by atoms with E-state index in [9.17, 15) is 8.78 Å². The van der Waals surface area contributed by atoms with Gasteiger partial charge in [-0.15, -0.1) is 6.58 Å². The SMILES string of the molecule is C=CC(C)CCC(C)C(C)CCC(C)C(=C)/C=C(/F)C(=C)F. The van der Waals surface area contributed by atoms with Gasteiger partial charge in [0, 0.05) is 0 Å². The van der Waals surface area contributed by atoms with E-state index in [1.165, 1.54) is 12.8 Å². The highest BCUT2D eigenvalue weighted by atomic mass is 19.2. The van der Waals surface area contributed by atoms with Gasteiger partial charge < -0.3 is 0 Å². The van der Waals surface area contributed by atoms with Crippen LogP contribution in [-0.4, -0.2) is 0 Å². The number of allylic oxidation sites excluding steroid dienone is 5. The second-order valence-electron chi connectivity index (χ2n) is 6.70. The van der Waals surface area contributed by atoms with E-state index >= 15 is 0 Å². The Morgan fingerprint density at radius 2 is 1.41 bits per heavy atom. The molecule has 0 rings (SSSR count). The zero-order valence-electron chi connectivity index (χ0n) is 14.7. The van der Waals surface area contributed by atoms with Gasteiger partial charge in [0.1, 0.15) is 0 Å². The van der Waals surface area contributed by atoms with Gasteiger partial charge >= 0.3 is 0 Å². The average molecular weight is 310 g/mol. The van der Waals surface area contributed by atoms with Gasteiger partial charge in [-0.1, -0.05) is 46.9 Å². The van der Waals surface area contributed by atoms with Gasteiger partial charge in [0.15, 0.2) is 11.7 Å². The minimum atomic E-state index is -1.04. The van der Waals surface area contributed by atoms with Gasteiger partial charge in [-0.3, -0.25) is 0 Å². The van der Waals surface area contributed by atoms with Crippen molar-refractivity contribution in [2.45, 2.75) is 53.4 Å². The highest BCUT2D eigenvalue weighted by Gasteiger charge is 2.15. The summed E-state index contributed by atoms with van der Waals surface area (Å²) in [6, 6.07) is 0. The predicted molar refractivity (Wildman–Crippen MR) is 93.9 cm³/mol. The van der Waals surface area contributed by atoms with Crippen LogP contribution in [0.3, 0.4) is 0 Å². The molecule has 0 saturated carbocycles. The van der Waals surface area contributed by atoms with Crippen LogP contribution in [0.4, 0.5) is 8.78 Å². The van der Waals surface area contributed by atoms with Gasteiger partial charge in [-0.25, -0.2) is 8.78 Å². The molecule has 0 aliphatic rings. The van der Waals surface area contributed by atoms with E-state index in [4.69, 9.17) is 0 Å². The second-order valence-corrected chi connectivity index (χ2v) is 6.70. The van der Waals surface area contributed by atoms with Crippen LogP contribution in [0, 0.1) is 23.7 Å². The third-order valence-corrected chi connectivity index (χ3v) is 4.71. The standard InChI is InChI=1S/C20H32F2/c1-8-14(2)9-10-15(3)16(4)11-12-17(5)18(6)13-20(22)19(7)21/h8,13-17H,1,6-7,9-12H2,2-5H3/b20-13+. The first-order valence-corrected chi connectivity index (χ1v) is 8.22. The Balaban J connectivity index is 4.25. The van der Waals surface area contributed by atoms with Gasteiger partial charge in [0.2, 0.25) is 0 Å².